The standard InChI is InChI=1S/C20H19Si.2ClH.Zr/c1-21(2)19-12-11-17-16-10-6-5-9-15(16)13-18(17)20(19)14-7-3-4-8-14;;;/h3-7,9-13,21H,8H2,1-2H3;2*1H;/q;;;+2/p-2. The second kappa shape index (κ2) is 7.87. The summed E-state index contributed by atoms with van der Waals surface area (Å²) in [6, 6.07) is 13.8. The summed E-state index contributed by atoms with van der Waals surface area (Å²) in [6.45, 7) is 4.91. The topological polar surface area (TPSA) is 0 Å². The van der Waals surface area contributed by atoms with Gasteiger partial charge in [0.15, 0.2) is 0 Å². The van der Waals surface area contributed by atoms with Gasteiger partial charge in [-0.1, -0.05) is 0 Å². The van der Waals surface area contributed by atoms with Crippen LogP contribution in [0.15, 0.2) is 54.6 Å². The van der Waals surface area contributed by atoms with Gasteiger partial charge in [-0.25, -0.2) is 0 Å². The molecular weight excluding hydrogens is 430 g/mol. The van der Waals surface area contributed by atoms with Crippen LogP contribution in [0, 0.1) is 0 Å². The van der Waals surface area contributed by atoms with E-state index in [1.54, 1.807) is 41.0 Å². The molecule has 2 aromatic carbocycles. The quantitative estimate of drug-likeness (QED) is 0.482. The summed E-state index contributed by atoms with van der Waals surface area (Å²) in [6.07, 6.45) is 7.95. The van der Waals surface area contributed by atoms with E-state index < -0.39 is 8.80 Å². The van der Waals surface area contributed by atoms with Crippen molar-refractivity contribution in [3.05, 3.63) is 71.3 Å². The second-order valence-electron chi connectivity index (χ2n) is 6.49. The first kappa shape index (κ1) is 19.9. The molecule has 2 aromatic rings. The molecule has 0 aliphatic heterocycles. The molecule has 0 heterocycles. The molecule has 4 heteroatoms. The van der Waals surface area contributed by atoms with Gasteiger partial charge in [0.2, 0.25) is 0 Å². The Kier molecular flexibility index (Phi) is 6.53. The van der Waals surface area contributed by atoms with E-state index >= 15 is 0 Å². The first-order chi connectivity index (χ1) is 10.7. The smallest absolute Gasteiger partial charge is 1.00 e. The Morgan fingerprint density at radius 2 is 1.75 bits per heavy atom. The number of hydrogen-bond acceptors (Lipinski definition) is 0. The van der Waals surface area contributed by atoms with Crippen molar-refractivity contribution in [1.29, 1.82) is 0 Å². The number of hydrogen-bond donors (Lipinski definition) is 0. The van der Waals surface area contributed by atoms with Crippen molar-refractivity contribution in [3.8, 4) is 11.1 Å². The van der Waals surface area contributed by atoms with E-state index in [0.29, 0.717) is 3.63 Å². The molecule has 0 N–H and O–H groups in total. The minimum Gasteiger partial charge on any atom is -1.00 e. The third-order valence-corrected chi connectivity index (χ3v) is 8.04. The van der Waals surface area contributed by atoms with Crippen LogP contribution in [0.2, 0.25) is 13.1 Å². The number of benzene rings is 2. The van der Waals surface area contributed by atoms with Crippen molar-refractivity contribution in [3.63, 3.8) is 0 Å². The maximum absolute atomic E-state index is 2.45. The van der Waals surface area contributed by atoms with Crippen LogP contribution in [-0.4, -0.2) is 8.80 Å². The zero-order valence-electron chi connectivity index (χ0n) is 13.8. The molecule has 121 valence electrons. The van der Waals surface area contributed by atoms with Crippen LogP contribution in [0.1, 0.15) is 26.7 Å². The summed E-state index contributed by atoms with van der Waals surface area (Å²) in [5.74, 6) is 0. The first-order valence-corrected chi connectivity index (χ1v) is 12.3. The normalized spacial score (nSPS) is 17.0. The van der Waals surface area contributed by atoms with E-state index in [4.69, 9.17) is 0 Å². The molecule has 0 fully saturated rings. The van der Waals surface area contributed by atoms with Crippen molar-refractivity contribution in [1.82, 2.24) is 0 Å². The molecule has 0 nitrogen and oxygen atoms in total. The van der Waals surface area contributed by atoms with Gasteiger partial charge in [-0.15, -0.1) is 0 Å². The molecule has 2 aliphatic carbocycles. The number of halogens is 2. The summed E-state index contributed by atoms with van der Waals surface area (Å²) >= 11 is 1.61. The van der Waals surface area contributed by atoms with Gasteiger partial charge in [-0.3, -0.25) is 0 Å². The number of fused-ring (bicyclic) bond motifs is 3. The minimum atomic E-state index is -0.842. The average molecular weight is 450 g/mol. The molecule has 2 aliphatic rings. The molecule has 0 aromatic heterocycles. The largest absolute Gasteiger partial charge is 1.00 e. The van der Waals surface area contributed by atoms with Gasteiger partial charge in [-0.05, 0) is 0 Å². The van der Waals surface area contributed by atoms with Crippen molar-refractivity contribution in [2.24, 2.45) is 0 Å². The monoisotopic (exact) mass is 447 g/mol. The van der Waals surface area contributed by atoms with Crippen molar-refractivity contribution >= 4 is 19.6 Å². The van der Waals surface area contributed by atoms with Gasteiger partial charge in [-0.2, -0.15) is 0 Å². The molecule has 0 saturated heterocycles. The van der Waals surface area contributed by atoms with E-state index in [9.17, 15) is 0 Å². The Bertz CT molecular complexity index is 824. The number of allylic oxidation sites excluding steroid dienone is 4. The Hall–Kier alpha value is -0.400. The third-order valence-electron chi connectivity index (χ3n) is 4.84. The first-order valence-electron chi connectivity index (χ1n) is 8.01. The van der Waals surface area contributed by atoms with Crippen molar-refractivity contribution in [2.75, 3.05) is 0 Å². The fraction of sp³-hybridized carbons (Fsp3) is 0.200. The maximum Gasteiger partial charge on any atom is -1.00 e. The van der Waals surface area contributed by atoms with Crippen LogP contribution in [0.3, 0.4) is 0 Å². The molecule has 0 bridgehead atoms. The Morgan fingerprint density at radius 3 is 2.42 bits per heavy atom. The fourth-order valence-corrected chi connectivity index (χ4v) is 6.55. The molecule has 1 atom stereocenters. The van der Waals surface area contributed by atoms with Gasteiger partial charge in [0.1, 0.15) is 0 Å². The van der Waals surface area contributed by atoms with Gasteiger partial charge in [0.05, 0.1) is 0 Å². The van der Waals surface area contributed by atoms with Gasteiger partial charge >= 0.3 is 150 Å². The molecule has 4 rings (SSSR count). The van der Waals surface area contributed by atoms with Crippen LogP contribution >= 0.6 is 0 Å². The average Bonchev–Trinajstić information content (AvgIpc) is 3.15. The van der Waals surface area contributed by atoms with Gasteiger partial charge in [0, 0.05) is 0 Å². The van der Waals surface area contributed by atoms with Gasteiger partial charge < -0.3 is 24.8 Å². The molecular formula is C20H19Cl2SiZr. The maximum atomic E-state index is 2.45. The molecule has 0 spiro atoms. The minimum absolute atomic E-state index is 0. The zero-order valence-corrected chi connectivity index (χ0v) is 18.9. The summed E-state index contributed by atoms with van der Waals surface area (Å²) in [7, 11) is -0.842. The molecule has 24 heavy (non-hydrogen) atoms. The van der Waals surface area contributed by atoms with Crippen molar-refractivity contribution < 1.29 is 49.5 Å². The SMILES string of the molecule is C[SiH](C)c1ccc2c(c1C1=CC=CC1)[CH]([Zr+2])c1ccccc1-2.[Cl-].[Cl-]. The predicted octanol–water partition coefficient (Wildman–Crippen LogP) is -1.65. The van der Waals surface area contributed by atoms with E-state index in [0.717, 1.165) is 6.42 Å². The molecule has 0 saturated carbocycles. The molecule has 0 radical (unpaired) electrons. The van der Waals surface area contributed by atoms with E-state index in [-0.39, 0.29) is 24.8 Å². The van der Waals surface area contributed by atoms with Crippen LogP contribution in [-0.2, 0) is 24.7 Å². The Morgan fingerprint density at radius 1 is 1.00 bits per heavy atom. The predicted molar refractivity (Wildman–Crippen MR) is 94.0 cm³/mol. The number of rotatable bonds is 2. The Labute approximate surface area is 173 Å². The summed E-state index contributed by atoms with van der Waals surface area (Å²) in [4.78, 5) is 0. The van der Waals surface area contributed by atoms with Crippen LogP contribution < -0.4 is 30.0 Å². The molecule has 1 unspecified atom stereocenters. The zero-order chi connectivity index (χ0) is 15.3. The van der Waals surface area contributed by atoms with E-state index in [2.05, 4.69) is 67.7 Å². The van der Waals surface area contributed by atoms with Gasteiger partial charge in [0.25, 0.3) is 0 Å². The second-order valence-corrected chi connectivity index (χ2v) is 10.8. The Balaban J connectivity index is 0.00000104. The third kappa shape index (κ3) is 3.07. The van der Waals surface area contributed by atoms with E-state index in [1.165, 1.54) is 22.3 Å². The summed E-state index contributed by atoms with van der Waals surface area (Å²) < 4.78 is 0.600. The van der Waals surface area contributed by atoms with E-state index in [1.807, 2.05) is 0 Å². The van der Waals surface area contributed by atoms with Crippen LogP contribution in [0.5, 0.6) is 0 Å². The summed E-state index contributed by atoms with van der Waals surface area (Å²) in [5.41, 5.74) is 9.23. The summed E-state index contributed by atoms with van der Waals surface area (Å²) in [5, 5.41) is 1.65. The van der Waals surface area contributed by atoms with Crippen molar-refractivity contribution in [2.45, 2.75) is 23.1 Å². The van der Waals surface area contributed by atoms with Crippen LogP contribution in [0.4, 0.5) is 0 Å². The van der Waals surface area contributed by atoms with Crippen LogP contribution in [0.25, 0.3) is 16.7 Å². The molecule has 0 amide bonds. The fourth-order valence-electron chi connectivity index (χ4n) is 3.79.